The molecule has 0 amide bonds. The number of methoxy groups -OCH3 is 1. The fraction of sp³-hybridized carbons (Fsp3) is 0.909. The number of epoxide rings is 1. The lowest BCUT2D eigenvalue weighted by molar-refractivity contribution is -0.122. The highest BCUT2D eigenvalue weighted by Crippen LogP contribution is 2.65. The highest BCUT2D eigenvalue weighted by molar-refractivity contribution is 5.23. The van der Waals surface area contributed by atoms with Gasteiger partial charge in [0.15, 0.2) is 0 Å². The van der Waals surface area contributed by atoms with Crippen molar-refractivity contribution in [1.29, 1.82) is 0 Å². The fourth-order valence-electron chi connectivity index (χ4n) is 7.85. The van der Waals surface area contributed by atoms with Crippen LogP contribution >= 0.6 is 0 Å². The standard InChI is InChI=1S/C22H34O2/c1-4-14-5-6-19-17-11-20(23-3)18-12-22(13-24-22)10-8-16(18)15(17)7-9-21(14,19)2/h4,15-20H,5-13H2,1-3H3/b14-4-. The lowest BCUT2D eigenvalue weighted by Crippen LogP contribution is -2.53. The molecule has 5 rings (SSSR count). The number of allylic oxidation sites excluding steroid dienone is 2. The molecular formula is C22H34O2. The molecule has 0 radical (unpaired) electrons. The highest BCUT2D eigenvalue weighted by atomic mass is 16.6. The van der Waals surface area contributed by atoms with E-state index in [4.69, 9.17) is 9.47 Å². The first-order valence-corrected chi connectivity index (χ1v) is 10.4. The van der Waals surface area contributed by atoms with E-state index >= 15 is 0 Å². The van der Waals surface area contributed by atoms with Gasteiger partial charge in [0.2, 0.25) is 0 Å². The smallest absolute Gasteiger partial charge is 0.0920 e. The van der Waals surface area contributed by atoms with E-state index in [0.717, 1.165) is 36.2 Å². The summed E-state index contributed by atoms with van der Waals surface area (Å²) in [4.78, 5) is 0. The van der Waals surface area contributed by atoms with Gasteiger partial charge in [-0.2, -0.15) is 0 Å². The van der Waals surface area contributed by atoms with E-state index < -0.39 is 0 Å². The normalized spacial score (nSPS) is 57.5. The van der Waals surface area contributed by atoms with Crippen molar-refractivity contribution in [2.24, 2.45) is 35.0 Å². The summed E-state index contributed by atoms with van der Waals surface area (Å²) in [6, 6.07) is 0. The zero-order chi connectivity index (χ0) is 16.5. The predicted molar refractivity (Wildman–Crippen MR) is 95.7 cm³/mol. The third kappa shape index (κ3) is 2.08. The molecule has 134 valence electrons. The van der Waals surface area contributed by atoms with Crippen LogP contribution in [0.2, 0.25) is 0 Å². The molecule has 24 heavy (non-hydrogen) atoms. The molecule has 4 saturated carbocycles. The van der Waals surface area contributed by atoms with Gasteiger partial charge in [-0.05, 0) is 93.3 Å². The maximum atomic E-state index is 6.10. The van der Waals surface area contributed by atoms with Crippen molar-refractivity contribution in [2.45, 2.75) is 76.9 Å². The van der Waals surface area contributed by atoms with Crippen LogP contribution in [0.5, 0.6) is 0 Å². The molecule has 5 fully saturated rings. The second-order valence-electron chi connectivity index (χ2n) is 9.79. The van der Waals surface area contributed by atoms with Gasteiger partial charge >= 0.3 is 0 Å². The zero-order valence-electron chi connectivity index (χ0n) is 15.7. The zero-order valence-corrected chi connectivity index (χ0v) is 15.7. The van der Waals surface area contributed by atoms with Gasteiger partial charge in [0.1, 0.15) is 0 Å². The Bertz CT molecular complexity index is 548. The molecule has 4 aliphatic carbocycles. The lowest BCUT2D eigenvalue weighted by atomic mass is 9.49. The van der Waals surface area contributed by atoms with Crippen LogP contribution in [0.4, 0.5) is 0 Å². The number of ether oxygens (including phenoxy) is 2. The van der Waals surface area contributed by atoms with Gasteiger partial charge in [-0.25, -0.2) is 0 Å². The van der Waals surface area contributed by atoms with Crippen LogP contribution in [-0.2, 0) is 9.47 Å². The summed E-state index contributed by atoms with van der Waals surface area (Å²) in [5.41, 5.74) is 2.53. The molecule has 0 N–H and O–H groups in total. The van der Waals surface area contributed by atoms with Gasteiger partial charge in [-0.3, -0.25) is 0 Å². The summed E-state index contributed by atoms with van der Waals surface area (Å²) < 4.78 is 12.0. The van der Waals surface area contributed by atoms with Crippen molar-refractivity contribution in [3.05, 3.63) is 11.6 Å². The Morgan fingerprint density at radius 3 is 2.54 bits per heavy atom. The Hall–Kier alpha value is -0.340. The topological polar surface area (TPSA) is 21.8 Å². The minimum atomic E-state index is 0.277. The first-order chi connectivity index (χ1) is 11.6. The van der Waals surface area contributed by atoms with Gasteiger partial charge < -0.3 is 9.47 Å². The molecule has 5 aliphatic rings. The monoisotopic (exact) mass is 330 g/mol. The Labute approximate surface area is 147 Å². The second-order valence-corrected chi connectivity index (χ2v) is 9.79. The Morgan fingerprint density at radius 2 is 1.83 bits per heavy atom. The Kier molecular flexibility index (Phi) is 3.53. The van der Waals surface area contributed by atoms with Gasteiger partial charge in [-0.1, -0.05) is 18.6 Å². The van der Waals surface area contributed by atoms with Gasteiger partial charge in [0.05, 0.1) is 18.3 Å². The summed E-state index contributed by atoms with van der Waals surface area (Å²) in [5.74, 6) is 4.45. The molecule has 2 nitrogen and oxygen atoms in total. The summed E-state index contributed by atoms with van der Waals surface area (Å²) >= 11 is 0. The number of fused-ring (bicyclic) bond motifs is 5. The molecule has 1 spiro atoms. The predicted octanol–water partition coefficient (Wildman–Crippen LogP) is 4.98. The molecule has 1 heterocycles. The fourth-order valence-corrected chi connectivity index (χ4v) is 7.85. The average Bonchev–Trinajstić information content (AvgIpc) is 3.24. The number of hydrogen-bond donors (Lipinski definition) is 0. The van der Waals surface area contributed by atoms with Crippen LogP contribution in [0.1, 0.15) is 65.2 Å². The third-order valence-corrected chi connectivity index (χ3v) is 9.17. The molecule has 2 heteroatoms. The minimum absolute atomic E-state index is 0.277. The molecule has 1 aliphatic heterocycles. The van der Waals surface area contributed by atoms with Crippen LogP contribution in [0, 0.1) is 35.0 Å². The van der Waals surface area contributed by atoms with Crippen LogP contribution in [0.3, 0.4) is 0 Å². The quantitative estimate of drug-likeness (QED) is 0.499. The van der Waals surface area contributed by atoms with Crippen LogP contribution in [0.25, 0.3) is 0 Å². The van der Waals surface area contributed by atoms with Gasteiger partial charge in [0, 0.05) is 7.11 Å². The van der Waals surface area contributed by atoms with Crippen LogP contribution < -0.4 is 0 Å². The summed E-state index contributed by atoms with van der Waals surface area (Å²) in [5, 5.41) is 0. The first-order valence-electron chi connectivity index (χ1n) is 10.4. The van der Waals surface area contributed by atoms with E-state index in [1.54, 1.807) is 5.57 Å². The first kappa shape index (κ1) is 15.9. The van der Waals surface area contributed by atoms with E-state index in [1.807, 2.05) is 7.11 Å². The molecule has 1 saturated heterocycles. The van der Waals surface area contributed by atoms with E-state index in [9.17, 15) is 0 Å². The van der Waals surface area contributed by atoms with Crippen molar-refractivity contribution in [3.8, 4) is 0 Å². The summed E-state index contributed by atoms with van der Waals surface area (Å²) in [7, 11) is 1.96. The maximum Gasteiger partial charge on any atom is 0.0920 e. The molecule has 8 atom stereocenters. The molecular weight excluding hydrogens is 296 g/mol. The highest BCUT2D eigenvalue weighted by Gasteiger charge is 2.60. The number of hydrogen-bond acceptors (Lipinski definition) is 2. The molecule has 0 aromatic carbocycles. The average molecular weight is 331 g/mol. The van der Waals surface area contributed by atoms with Crippen molar-refractivity contribution in [3.63, 3.8) is 0 Å². The summed E-state index contributed by atoms with van der Waals surface area (Å²) in [6.07, 6.45) is 13.9. The Morgan fingerprint density at radius 1 is 1.08 bits per heavy atom. The maximum absolute atomic E-state index is 6.10. The second kappa shape index (κ2) is 5.33. The van der Waals surface area contributed by atoms with Crippen molar-refractivity contribution in [1.82, 2.24) is 0 Å². The van der Waals surface area contributed by atoms with Crippen LogP contribution in [-0.4, -0.2) is 25.4 Å². The minimum Gasteiger partial charge on any atom is -0.381 e. The molecule has 0 bridgehead atoms. The van der Waals surface area contributed by atoms with Crippen molar-refractivity contribution >= 4 is 0 Å². The van der Waals surface area contributed by atoms with Crippen molar-refractivity contribution < 1.29 is 9.47 Å². The Balaban J connectivity index is 1.44. The van der Waals surface area contributed by atoms with Gasteiger partial charge in [0.25, 0.3) is 0 Å². The van der Waals surface area contributed by atoms with E-state index in [0.29, 0.717) is 11.5 Å². The largest absolute Gasteiger partial charge is 0.381 e. The third-order valence-electron chi connectivity index (χ3n) is 9.17. The van der Waals surface area contributed by atoms with E-state index in [2.05, 4.69) is 19.9 Å². The lowest BCUT2D eigenvalue weighted by Gasteiger charge is -2.57. The van der Waals surface area contributed by atoms with Gasteiger partial charge in [-0.15, -0.1) is 0 Å². The summed E-state index contributed by atoms with van der Waals surface area (Å²) in [6.45, 7) is 5.87. The molecule has 0 aromatic rings. The number of rotatable bonds is 1. The molecule has 0 aromatic heterocycles. The van der Waals surface area contributed by atoms with Crippen molar-refractivity contribution in [2.75, 3.05) is 13.7 Å². The van der Waals surface area contributed by atoms with E-state index in [1.165, 1.54) is 51.4 Å². The molecule has 8 unspecified atom stereocenters. The van der Waals surface area contributed by atoms with E-state index in [-0.39, 0.29) is 5.60 Å². The SMILES string of the molecule is C/C=C1/CCC2C3CC(OC)C4CC5(CCC4C3CCC12C)CO5. The van der Waals surface area contributed by atoms with Crippen LogP contribution in [0.15, 0.2) is 11.6 Å².